The normalized spacial score (nSPS) is 12.3. The highest BCUT2D eigenvalue weighted by Crippen LogP contribution is 2.34. The molecular formula is C16H12F3N3O6. The Bertz CT molecular complexity index is 900. The van der Waals surface area contributed by atoms with Crippen LogP contribution in [0.25, 0.3) is 0 Å². The Morgan fingerprint density at radius 1 is 1.07 bits per heavy atom. The van der Waals surface area contributed by atoms with E-state index in [0.29, 0.717) is 6.07 Å². The van der Waals surface area contributed by atoms with Crippen molar-refractivity contribution in [1.29, 1.82) is 0 Å². The molecule has 28 heavy (non-hydrogen) atoms. The maximum absolute atomic E-state index is 13.0. The van der Waals surface area contributed by atoms with E-state index in [9.17, 15) is 43.3 Å². The fraction of sp³-hybridized carbons (Fsp3) is 0.188. The van der Waals surface area contributed by atoms with E-state index < -0.39 is 62.6 Å². The Morgan fingerprint density at radius 2 is 1.61 bits per heavy atom. The summed E-state index contributed by atoms with van der Waals surface area (Å²) in [6, 6.07) is 6.43. The van der Waals surface area contributed by atoms with Crippen molar-refractivity contribution in [2.24, 2.45) is 0 Å². The molecule has 0 saturated heterocycles. The van der Waals surface area contributed by atoms with Crippen LogP contribution in [0.5, 0.6) is 0 Å². The number of carbonyl (C=O) groups excluding carboxylic acids is 1. The minimum atomic E-state index is -4.72. The fourth-order valence-electron chi connectivity index (χ4n) is 2.38. The van der Waals surface area contributed by atoms with Gasteiger partial charge in [0.15, 0.2) is 0 Å². The maximum atomic E-state index is 13.0. The van der Waals surface area contributed by atoms with Gasteiger partial charge in [-0.05, 0) is 11.6 Å². The molecule has 0 heterocycles. The van der Waals surface area contributed by atoms with Crippen LogP contribution in [0.15, 0.2) is 42.5 Å². The predicted molar refractivity (Wildman–Crippen MR) is 88.5 cm³/mol. The summed E-state index contributed by atoms with van der Waals surface area (Å²) >= 11 is 0. The van der Waals surface area contributed by atoms with Crippen molar-refractivity contribution in [3.8, 4) is 0 Å². The quantitative estimate of drug-likeness (QED) is 0.566. The molecule has 0 spiro atoms. The second kappa shape index (κ2) is 8.00. The molecule has 0 aliphatic carbocycles. The maximum Gasteiger partial charge on any atom is 0.416 e. The summed E-state index contributed by atoms with van der Waals surface area (Å²) in [5.74, 6) is -1.03. The standard InChI is InChI=1S/C16H12F3N3O6/c17-16(18,19)13-4-2-1-3-12(13)14(23)8-20-15(24)9-5-10(21(25)26)7-11(6-9)22(27)28/h1-7,14,23H,8H2,(H,20,24). The number of hydrogen-bond acceptors (Lipinski definition) is 6. The number of nitrogens with zero attached hydrogens (tertiary/aromatic N) is 2. The van der Waals surface area contributed by atoms with E-state index in [0.717, 1.165) is 30.3 Å². The fourth-order valence-corrected chi connectivity index (χ4v) is 2.38. The van der Waals surface area contributed by atoms with E-state index >= 15 is 0 Å². The Labute approximate surface area is 154 Å². The summed E-state index contributed by atoms with van der Waals surface area (Å²) < 4.78 is 39.0. The average Bonchev–Trinajstić information content (AvgIpc) is 2.64. The van der Waals surface area contributed by atoms with Crippen LogP contribution in [-0.2, 0) is 6.18 Å². The van der Waals surface area contributed by atoms with Gasteiger partial charge < -0.3 is 10.4 Å². The topological polar surface area (TPSA) is 136 Å². The van der Waals surface area contributed by atoms with Gasteiger partial charge in [-0.3, -0.25) is 25.0 Å². The molecule has 2 N–H and O–H groups in total. The first kappa shape index (κ1) is 20.8. The van der Waals surface area contributed by atoms with Crippen molar-refractivity contribution in [2.75, 3.05) is 6.54 Å². The number of nitrogens with one attached hydrogen (secondary N) is 1. The Balaban J connectivity index is 2.21. The lowest BCUT2D eigenvalue weighted by molar-refractivity contribution is -0.394. The molecule has 0 fully saturated rings. The first-order chi connectivity index (χ1) is 13.0. The molecule has 2 aromatic carbocycles. The molecule has 9 nitrogen and oxygen atoms in total. The van der Waals surface area contributed by atoms with Crippen LogP contribution in [0.1, 0.15) is 27.6 Å². The van der Waals surface area contributed by atoms with Gasteiger partial charge in [0.05, 0.1) is 33.1 Å². The van der Waals surface area contributed by atoms with Crippen molar-refractivity contribution in [1.82, 2.24) is 5.32 Å². The first-order valence-electron chi connectivity index (χ1n) is 7.57. The zero-order valence-corrected chi connectivity index (χ0v) is 13.8. The zero-order valence-electron chi connectivity index (χ0n) is 13.8. The lowest BCUT2D eigenvalue weighted by Gasteiger charge is -2.17. The largest absolute Gasteiger partial charge is 0.416 e. The summed E-state index contributed by atoms with van der Waals surface area (Å²) in [5.41, 5.74) is -3.41. The van der Waals surface area contributed by atoms with Crippen LogP contribution in [0.3, 0.4) is 0 Å². The van der Waals surface area contributed by atoms with Gasteiger partial charge in [-0.1, -0.05) is 18.2 Å². The summed E-state index contributed by atoms with van der Waals surface area (Å²) in [7, 11) is 0. The lowest BCUT2D eigenvalue weighted by atomic mass is 10.0. The second-order valence-corrected chi connectivity index (χ2v) is 5.56. The smallest absolute Gasteiger partial charge is 0.387 e. The van der Waals surface area contributed by atoms with Crippen LogP contribution in [0, 0.1) is 20.2 Å². The van der Waals surface area contributed by atoms with Crippen molar-refractivity contribution in [3.05, 3.63) is 79.4 Å². The Hall–Kier alpha value is -3.54. The van der Waals surface area contributed by atoms with Crippen molar-refractivity contribution in [3.63, 3.8) is 0 Å². The van der Waals surface area contributed by atoms with Crippen LogP contribution in [0.2, 0.25) is 0 Å². The van der Waals surface area contributed by atoms with Gasteiger partial charge in [0.2, 0.25) is 0 Å². The number of carbonyl (C=O) groups is 1. The van der Waals surface area contributed by atoms with Gasteiger partial charge in [0, 0.05) is 18.7 Å². The van der Waals surface area contributed by atoms with Crippen molar-refractivity contribution < 1.29 is 32.9 Å². The van der Waals surface area contributed by atoms with Gasteiger partial charge >= 0.3 is 6.18 Å². The molecule has 0 aromatic heterocycles. The number of nitro groups is 2. The molecule has 1 amide bonds. The number of benzene rings is 2. The molecule has 2 aromatic rings. The van der Waals surface area contributed by atoms with E-state index in [-0.39, 0.29) is 0 Å². The number of aliphatic hydroxyl groups is 1. The third kappa shape index (κ3) is 4.79. The third-order valence-electron chi connectivity index (χ3n) is 3.67. The number of amides is 1. The van der Waals surface area contributed by atoms with E-state index in [1.54, 1.807) is 0 Å². The first-order valence-corrected chi connectivity index (χ1v) is 7.57. The number of alkyl halides is 3. The predicted octanol–water partition coefficient (Wildman–Crippen LogP) is 2.99. The highest BCUT2D eigenvalue weighted by Gasteiger charge is 2.34. The highest BCUT2D eigenvalue weighted by molar-refractivity contribution is 5.95. The minimum Gasteiger partial charge on any atom is -0.387 e. The summed E-state index contributed by atoms with van der Waals surface area (Å²) in [6.45, 7) is -0.650. The Kier molecular flexibility index (Phi) is 5.93. The van der Waals surface area contributed by atoms with E-state index in [2.05, 4.69) is 5.32 Å². The van der Waals surface area contributed by atoms with Gasteiger partial charge in [-0.25, -0.2) is 0 Å². The molecule has 0 bridgehead atoms. The molecule has 0 aliphatic rings. The zero-order chi connectivity index (χ0) is 21.1. The third-order valence-corrected chi connectivity index (χ3v) is 3.67. The number of non-ortho nitro benzene ring substituents is 2. The molecule has 0 radical (unpaired) electrons. The molecule has 2 rings (SSSR count). The van der Waals surface area contributed by atoms with Crippen LogP contribution in [-0.4, -0.2) is 27.4 Å². The minimum absolute atomic E-state index is 0.447. The van der Waals surface area contributed by atoms with Gasteiger partial charge in [-0.15, -0.1) is 0 Å². The average molecular weight is 399 g/mol. The van der Waals surface area contributed by atoms with Crippen LogP contribution < -0.4 is 5.32 Å². The lowest BCUT2D eigenvalue weighted by Crippen LogP contribution is -2.29. The number of hydrogen-bond donors (Lipinski definition) is 2. The molecular weight excluding hydrogens is 387 g/mol. The molecule has 12 heteroatoms. The number of rotatable bonds is 6. The second-order valence-electron chi connectivity index (χ2n) is 5.56. The molecule has 1 atom stereocenters. The van der Waals surface area contributed by atoms with Crippen molar-refractivity contribution >= 4 is 17.3 Å². The number of nitro benzene ring substituents is 2. The summed E-state index contributed by atoms with van der Waals surface area (Å²) in [6.07, 6.45) is -6.45. The monoisotopic (exact) mass is 399 g/mol. The van der Waals surface area contributed by atoms with E-state index in [4.69, 9.17) is 0 Å². The molecule has 1 unspecified atom stereocenters. The number of aliphatic hydroxyl groups excluding tert-OH is 1. The number of halogens is 3. The van der Waals surface area contributed by atoms with Crippen LogP contribution >= 0.6 is 0 Å². The van der Waals surface area contributed by atoms with E-state index in [1.807, 2.05) is 0 Å². The summed E-state index contributed by atoms with van der Waals surface area (Å²) in [4.78, 5) is 31.9. The van der Waals surface area contributed by atoms with Gasteiger partial charge in [0.1, 0.15) is 0 Å². The molecule has 148 valence electrons. The highest BCUT2D eigenvalue weighted by atomic mass is 19.4. The SMILES string of the molecule is O=C(NCC(O)c1ccccc1C(F)(F)F)c1cc([N+](=O)[O-])cc([N+](=O)[O-])c1. The van der Waals surface area contributed by atoms with Gasteiger partial charge in [0.25, 0.3) is 17.3 Å². The van der Waals surface area contributed by atoms with Crippen LogP contribution in [0.4, 0.5) is 24.5 Å². The van der Waals surface area contributed by atoms with E-state index in [1.165, 1.54) is 6.07 Å². The molecule has 0 saturated carbocycles. The van der Waals surface area contributed by atoms with Gasteiger partial charge in [-0.2, -0.15) is 13.2 Å². The summed E-state index contributed by atoms with van der Waals surface area (Å²) in [5, 5.41) is 33.8. The molecule has 0 aliphatic heterocycles. The Morgan fingerprint density at radius 3 is 2.11 bits per heavy atom. The van der Waals surface area contributed by atoms with Crippen molar-refractivity contribution in [2.45, 2.75) is 12.3 Å².